The summed E-state index contributed by atoms with van der Waals surface area (Å²) in [5.74, 6) is 1.09. The first-order valence-electron chi connectivity index (χ1n) is 3.52. The Morgan fingerprint density at radius 3 is 2.70 bits per heavy atom. The molecule has 2 nitrogen and oxygen atoms in total. The highest BCUT2D eigenvalue weighted by molar-refractivity contribution is 6.15. The normalized spacial score (nSPS) is 33.9. The standard InChI is InChI=1S/C7H13BN2/c1-6-9-4-7(2,8)5-10(6)3/h4-5H2,1-3H3. The lowest BCUT2D eigenvalue weighted by Crippen LogP contribution is -2.38. The van der Waals surface area contributed by atoms with Crippen LogP contribution in [0.5, 0.6) is 0 Å². The first-order chi connectivity index (χ1) is 4.51. The molecule has 0 aromatic carbocycles. The molecule has 1 aliphatic heterocycles. The van der Waals surface area contributed by atoms with Crippen molar-refractivity contribution in [2.24, 2.45) is 4.99 Å². The molecule has 0 spiro atoms. The molecule has 0 saturated heterocycles. The van der Waals surface area contributed by atoms with Crippen LogP contribution in [0.15, 0.2) is 4.99 Å². The molecule has 0 bridgehead atoms. The smallest absolute Gasteiger partial charge is 0.0954 e. The quantitative estimate of drug-likeness (QED) is 0.447. The van der Waals surface area contributed by atoms with Crippen LogP contribution >= 0.6 is 0 Å². The van der Waals surface area contributed by atoms with Crippen LogP contribution in [0, 0.1) is 0 Å². The molecule has 0 aromatic heterocycles. The number of hydrogen-bond acceptors (Lipinski definition) is 2. The summed E-state index contributed by atoms with van der Waals surface area (Å²) in [6.07, 6.45) is 0. The SMILES string of the molecule is [B]C1(C)CN=C(C)N(C)C1. The Bertz CT molecular complexity index is 163. The van der Waals surface area contributed by atoms with Gasteiger partial charge in [-0.2, -0.15) is 0 Å². The van der Waals surface area contributed by atoms with Crippen LogP contribution in [0.3, 0.4) is 0 Å². The van der Waals surface area contributed by atoms with Crippen molar-refractivity contribution in [1.29, 1.82) is 0 Å². The molecule has 54 valence electrons. The molecule has 1 heterocycles. The first kappa shape index (κ1) is 7.64. The highest BCUT2D eigenvalue weighted by Crippen LogP contribution is 2.24. The fourth-order valence-electron chi connectivity index (χ4n) is 1.12. The van der Waals surface area contributed by atoms with Gasteiger partial charge in [-0.15, -0.1) is 0 Å². The van der Waals surface area contributed by atoms with Gasteiger partial charge >= 0.3 is 0 Å². The van der Waals surface area contributed by atoms with E-state index in [1.807, 2.05) is 20.9 Å². The van der Waals surface area contributed by atoms with E-state index >= 15 is 0 Å². The number of nitrogens with zero attached hydrogens (tertiary/aromatic N) is 2. The maximum atomic E-state index is 5.88. The van der Waals surface area contributed by atoms with Gasteiger partial charge in [0.1, 0.15) is 0 Å². The van der Waals surface area contributed by atoms with E-state index in [9.17, 15) is 0 Å². The molecule has 0 N–H and O–H groups in total. The van der Waals surface area contributed by atoms with Crippen molar-refractivity contribution in [3.8, 4) is 0 Å². The van der Waals surface area contributed by atoms with Crippen LogP contribution in [0.4, 0.5) is 0 Å². The Morgan fingerprint density at radius 2 is 2.30 bits per heavy atom. The van der Waals surface area contributed by atoms with Gasteiger partial charge in [-0.1, -0.05) is 6.92 Å². The zero-order chi connectivity index (χ0) is 7.78. The van der Waals surface area contributed by atoms with E-state index in [-0.39, 0.29) is 5.31 Å². The van der Waals surface area contributed by atoms with Crippen LogP contribution in [0.2, 0.25) is 5.31 Å². The molecule has 1 unspecified atom stereocenters. The van der Waals surface area contributed by atoms with E-state index in [0.29, 0.717) is 0 Å². The monoisotopic (exact) mass is 136 g/mol. The first-order valence-corrected chi connectivity index (χ1v) is 3.52. The topological polar surface area (TPSA) is 15.6 Å². The molecule has 0 fully saturated rings. The van der Waals surface area contributed by atoms with Crippen LogP contribution in [0.25, 0.3) is 0 Å². The highest BCUT2D eigenvalue weighted by atomic mass is 15.2. The summed E-state index contributed by atoms with van der Waals surface area (Å²) in [5.41, 5.74) is 0. The maximum Gasteiger partial charge on any atom is 0.0954 e. The number of rotatable bonds is 0. The molecule has 0 aliphatic carbocycles. The predicted octanol–water partition coefficient (Wildman–Crippen LogP) is 0.697. The van der Waals surface area contributed by atoms with Gasteiger partial charge in [-0.05, 0) is 12.2 Å². The summed E-state index contributed by atoms with van der Waals surface area (Å²) in [6.45, 7) is 5.69. The molecule has 0 saturated carbocycles. The lowest BCUT2D eigenvalue weighted by Gasteiger charge is -2.35. The van der Waals surface area contributed by atoms with Crippen LogP contribution < -0.4 is 0 Å². The lowest BCUT2D eigenvalue weighted by atomic mass is 9.69. The van der Waals surface area contributed by atoms with Gasteiger partial charge in [0.25, 0.3) is 0 Å². The van der Waals surface area contributed by atoms with Crippen molar-refractivity contribution in [2.75, 3.05) is 20.1 Å². The molecule has 10 heavy (non-hydrogen) atoms. The second-order valence-electron chi connectivity index (χ2n) is 3.37. The fraction of sp³-hybridized carbons (Fsp3) is 0.857. The van der Waals surface area contributed by atoms with Gasteiger partial charge in [0.15, 0.2) is 0 Å². The summed E-state index contributed by atoms with van der Waals surface area (Å²) in [6, 6.07) is 0. The fourth-order valence-corrected chi connectivity index (χ4v) is 1.12. The van der Waals surface area contributed by atoms with Crippen molar-refractivity contribution in [3.05, 3.63) is 0 Å². The van der Waals surface area contributed by atoms with Crippen molar-refractivity contribution >= 4 is 13.7 Å². The third-order valence-electron chi connectivity index (χ3n) is 1.82. The largest absolute Gasteiger partial charge is 0.364 e. The average molecular weight is 136 g/mol. The summed E-state index contributed by atoms with van der Waals surface area (Å²) >= 11 is 0. The van der Waals surface area contributed by atoms with Gasteiger partial charge in [0.05, 0.1) is 13.7 Å². The molecule has 1 atom stereocenters. The number of aliphatic imine (C=N–C) groups is 1. The van der Waals surface area contributed by atoms with Crippen molar-refractivity contribution in [2.45, 2.75) is 19.2 Å². The van der Waals surface area contributed by atoms with Crippen LogP contribution in [-0.4, -0.2) is 38.7 Å². The van der Waals surface area contributed by atoms with Gasteiger partial charge in [0.2, 0.25) is 0 Å². The predicted molar refractivity (Wildman–Crippen MR) is 44.7 cm³/mol. The van der Waals surface area contributed by atoms with E-state index in [1.165, 1.54) is 0 Å². The van der Waals surface area contributed by atoms with Crippen molar-refractivity contribution < 1.29 is 0 Å². The lowest BCUT2D eigenvalue weighted by molar-refractivity contribution is 0.396. The minimum absolute atomic E-state index is 0.131. The second-order valence-corrected chi connectivity index (χ2v) is 3.37. The maximum absolute atomic E-state index is 5.88. The van der Waals surface area contributed by atoms with Gasteiger partial charge in [-0.25, -0.2) is 0 Å². The minimum atomic E-state index is -0.131. The molecule has 0 amide bonds. The highest BCUT2D eigenvalue weighted by Gasteiger charge is 2.23. The molecule has 1 aliphatic rings. The third kappa shape index (κ3) is 1.52. The summed E-state index contributed by atoms with van der Waals surface area (Å²) in [4.78, 5) is 6.37. The zero-order valence-corrected chi connectivity index (χ0v) is 6.89. The number of amidine groups is 1. The Labute approximate surface area is 63.7 Å². The second kappa shape index (κ2) is 2.29. The van der Waals surface area contributed by atoms with E-state index in [4.69, 9.17) is 7.85 Å². The Morgan fingerprint density at radius 1 is 1.70 bits per heavy atom. The van der Waals surface area contributed by atoms with E-state index < -0.39 is 0 Å². The van der Waals surface area contributed by atoms with Crippen LogP contribution in [-0.2, 0) is 0 Å². The third-order valence-corrected chi connectivity index (χ3v) is 1.82. The van der Waals surface area contributed by atoms with Gasteiger partial charge in [0, 0.05) is 20.1 Å². The Hall–Kier alpha value is -0.465. The van der Waals surface area contributed by atoms with Crippen molar-refractivity contribution in [1.82, 2.24) is 4.90 Å². The van der Waals surface area contributed by atoms with E-state index in [1.54, 1.807) is 0 Å². The molecular weight excluding hydrogens is 123 g/mol. The molecule has 2 radical (unpaired) electrons. The Balaban J connectivity index is 2.69. The zero-order valence-electron chi connectivity index (χ0n) is 6.89. The molecule has 3 heteroatoms. The molecule has 1 rings (SSSR count). The molecule has 0 aromatic rings. The number of hydrogen-bond donors (Lipinski definition) is 0. The summed E-state index contributed by atoms with van der Waals surface area (Å²) in [7, 11) is 7.90. The van der Waals surface area contributed by atoms with E-state index in [0.717, 1.165) is 18.9 Å². The average Bonchev–Trinajstić information content (AvgIpc) is 1.79. The minimum Gasteiger partial charge on any atom is -0.364 e. The molecular formula is C7H13BN2. The van der Waals surface area contributed by atoms with Gasteiger partial charge < -0.3 is 4.90 Å². The summed E-state index contributed by atoms with van der Waals surface area (Å²) in [5, 5.41) is -0.131. The Kier molecular flexibility index (Phi) is 1.75. The van der Waals surface area contributed by atoms with E-state index in [2.05, 4.69) is 9.89 Å². The van der Waals surface area contributed by atoms with Crippen molar-refractivity contribution in [3.63, 3.8) is 0 Å². The van der Waals surface area contributed by atoms with Gasteiger partial charge in [-0.3, -0.25) is 4.99 Å². The van der Waals surface area contributed by atoms with Crippen LogP contribution in [0.1, 0.15) is 13.8 Å². The summed E-state index contributed by atoms with van der Waals surface area (Å²) < 4.78 is 0.